The zero-order valence-electron chi connectivity index (χ0n) is 12.4. The molecule has 118 valence electrons. The van der Waals surface area contributed by atoms with Crippen molar-refractivity contribution >= 4 is 29.1 Å². The third kappa shape index (κ3) is 3.60. The Morgan fingerprint density at radius 3 is 2.87 bits per heavy atom. The van der Waals surface area contributed by atoms with Crippen molar-refractivity contribution in [3.8, 4) is 0 Å². The minimum absolute atomic E-state index is 0.0742. The van der Waals surface area contributed by atoms with Crippen LogP contribution in [0.1, 0.15) is 5.56 Å². The molecule has 1 aromatic carbocycles. The lowest BCUT2D eigenvalue weighted by molar-refractivity contribution is -0.131. The van der Waals surface area contributed by atoms with Crippen molar-refractivity contribution in [2.75, 3.05) is 13.1 Å². The van der Waals surface area contributed by atoms with E-state index < -0.39 is 6.04 Å². The first-order chi connectivity index (χ1) is 11.0. The summed E-state index contributed by atoms with van der Waals surface area (Å²) in [5.41, 5.74) is 12.2. The van der Waals surface area contributed by atoms with Crippen molar-refractivity contribution in [2.45, 2.75) is 12.5 Å². The molecule has 2 N–H and O–H groups in total. The number of amides is 1. The van der Waals surface area contributed by atoms with Gasteiger partial charge in [-0.05, 0) is 47.4 Å². The summed E-state index contributed by atoms with van der Waals surface area (Å²) >= 11 is 12.0. The number of allylic oxidation sites excluding steroid dienone is 1. The molecule has 0 saturated carbocycles. The lowest BCUT2D eigenvalue weighted by atomic mass is 10.1. The van der Waals surface area contributed by atoms with Gasteiger partial charge in [-0.25, -0.2) is 0 Å². The van der Waals surface area contributed by atoms with Crippen molar-refractivity contribution in [3.63, 3.8) is 0 Å². The third-order valence-electron chi connectivity index (χ3n) is 3.97. The fourth-order valence-electron chi connectivity index (χ4n) is 2.74. The van der Waals surface area contributed by atoms with E-state index in [1.54, 1.807) is 17.0 Å². The molecule has 3 rings (SSSR count). The van der Waals surface area contributed by atoms with Crippen molar-refractivity contribution in [2.24, 2.45) is 5.73 Å². The van der Waals surface area contributed by atoms with Gasteiger partial charge in [0.2, 0.25) is 5.91 Å². The number of carbonyl (C=O) groups is 1. The summed E-state index contributed by atoms with van der Waals surface area (Å²) in [6, 6.07) is 4.60. The largest absolute Gasteiger partial charge is 0.333 e. The molecule has 0 spiro atoms. The van der Waals surface area contributed by atoms with Crippen molar-refractivity contribution in [3.05, 3.63) is 75.0 Å². The van der Waals surface area contributed by atoms with Crippen LogP contribution in [0.4, 0.5) is 0 Å². The highest BCUT2D eigenvalue weighted by molar-refractivity contribution is 6.35. The lowest BCUT2D eigenvalue weighted by Gasteiger charge is -2.21. The number of carbonyl (C=O) groups excluding carboxylic acids is 1. The lowest BCUT2D eigenvalue weighted by Crippen LogP contribution is -2.44. The van der Waals surface area contributed by atoms with Crippen LogP contribution < -0.4 is 5.73 Å². The summed E-state index contributed by atoms with van der Waals surface area (Å²) in [6.07, 6.45) is 8.12. The third-order valence-corrected chi connectivity index (χ3v) is 4.55. The SMILES string of the molecule is NC(Cc1ccc(Cl)cc1Cl)C(=O)N1CC2=C(C=CC=C=C2)C1. The number of benzene rings is 1. The molecule has 1 unspecified atom stereocenters. The van der Waals surface area contributed by atoms with Crippen LogP contribution in [0.25, 0.3) is 0 Å². The van der Waals surface area contributed by atoms with E-state index in [0.29, 0.717) is 29.6 Å². The molecule has 1 aliphatic heterocycles. The standard InChI is InChI=1S/C18H16Cl2N2O/c19-15-7-6-12(16(20)9-15)8-17(21)18(23)22-10-13-4-2-1-3-5-14(13)11-22/h1-2,4-7,9,17H,8,10-11,21H2. The first-order valence-electron chi connectivity index (χ1n) is 7.34. The molecule has 0 saturated heterocycles. The summed E-state index contributed by atoms with van der Waals surface area (Å²) in [5.74, 6) is -0.0742. The molecule has 0 bridgehead atoms. The van der Waals surface area contributed by atoms with E-state index >= 15 is 0 Å². The van der Waals surface area contributed by atoms with Crippen LogP contribution in [0.5, 0.6) is 0 Å². The van der Waals surface area contributed by atoms with E-state index in [1.807, 2.05) is 30.4 Å². The van der Waals surface area contributed by atoms with Gasteiger partial charge in [0.05, 0.1) is 6.04 Å². The molecule has 1 aromatic rings. The molecule has 2 aliphatic rings. The fraction of sp³-hybridized carbons (Fsp3) is 0.222. The van der Waals surface area contributed by atoms with Gasteiger partial charge in [-0.15, -0.1) is 5.73 Å². The minimum Gasteiger partial charge on any atom is -0.333 e. The maximum atomic E-state index is 12.6. The van der Waals surface area contributed by atoms with Crippen LogP contribution in [-0.2, 0) is 11.2 Å². The summed E-state index contributed by atoms with van der Waals surface area (Å²) in [5, 5.41) is 1.10. The number of hydrogen-bond donors (Lipinski definition) is 1. The van der Waals surface area contributed by atoms with Gasteiger partial charge < -0.3 is 10.6 Å². The first-order valence-corrected chi connectivity index (χ1v) is 8.09. The number of halogens is 2. The van der Waals surface area contributed by atoms with E-state index in [-0.39, 0.29) is 5.91 Å². The Morgan fingerprint density at radius 1 is 1.30 bits per heavy atom. The van der Waals surface area contributed by atoms with Crippen molar-refractivity contribution in [1.29, 1.82) is 0 Å². The number of nitrogens with two attached hydrogens (primary N) is 1. The normalized spacial score (nSPS) is 17.4. The number of rotatable bonds is 3. The van der Waals surface area contributed by atoms with Gasteiger partial charge in [0.1, 0.15) is 0 Å². The van der Waals surface area contributed by atoms with E-state index in [4.69, 9.17) is 28.9 Å². The summed E-state index contributed by atoms with van der Waals surface area (Å²) < 4.78 is 0. The van der Waals surface area contributed by atoms with Gasteiger partial charge in [-0.3, -0.25) is 4.79 Å². The quantitative estimate of drug-likeness (QED) is 0.853. The van der Waals surface area contributed by atoms with E-state index in [1.165, 1.54) is 0 Å². The average molecular weight is 347 g/mol. The van der Waals surface area contributed by atoms with Crippen molar-refractivity contribution in [1.82, 2.24) is 4.90 Å². The molecule has 1 atom stereocenters. The highest BCUT2D eigenvalue weighted by Crippen LogP contribution is 2.24. The molecular weight excluding hydrogens is 331 g/mol. The molecule has 1 amide bonds. The van der Waals surface area contributed by atoms with Crippen molar-refractivity contribution < 1.29 is 4.79 Å². The summed E-state index contributed by atoms with van der Waals surface area (Å²) in [7, 11) is 0. The topological polar surface area (TPSA) is 46.3 Å². The Labute approximate surface area is 145 Å². The van der Waals surface area contributed by atoms with Gasteiger partial charge in [0, 0.05) is 23.1 Å². The van der Waals surface area contributed by atoms with Crippen LogP contribution in [0.2, 0.25) is 10.0 Å². The molecule has 3 nitrogen and oxygen atoms in total. The maximum absolute atomic E-state index is 12.6. The Balaban J connectivity index is 1.67. The molecule has 5 heteroatoms. The van der Waals surface area contributed by atoms with Gasteiger partial charge in [-0.1, -0.05) is 41.4 Å². The predicted molar refractivity (Wildman–Crippen MR) is 93.5 cm³/mol. The highest BCUT2D eigenvalue weighted by Gasteiger charge is 2.27. The Kier molecular flexibility index (Phi) is 4.74. The number of nitrogens with zero attached hydrogens (tertiary/aromatic N) is 1. The monoisotopic (exact) mass is 346 g/mol. The second kappa shape index (κ2) is 6.77. The maximum Gasteiger partial charge on any atom is 0.240 e. The molecule has 23 heavy (non-hydrogen) atoms. The van der Waals surface area contributed by atoms with Crippen LogP contribution in [-0.4, -0.2) is 29.9 Å². The zero-order valence-corrected chi connectivity index (χ0v) is 13.9. The predicted octanol–water partition coefficient (Wildman–Crippen LogP) is 3.28. The van der Waals surface area contributed by atoms with E-state index in [0.717, 1.165) is 16.7 Å². The first kappa shape index (κ1) is 16.1. The van der Waals surface area contributed by atoms with E-state index in [2.05, 4.69) is 5.73 Å². The molecule has 0 radical (unpaired) electrons. The molecule has 1 heterocycles. The molecule has 0 fully saturated rings. The fourth-order valence-corrected chi connectivity index (χ4v) is 3.22. The Morgan fingerprint density at radius 2 is 2.09 bits per heavy atom. The van der Waals surface area contributed by atoms with Crippen LogP contribution in [0.15, 0.2) is 59.4 Å². The second-order valence-corrected chi connectivity index (χ2v) is 6.47. The van der Waals surface area contributed by atoms with Gasteiger partial charge in [-0.2, -0.15) is 0 Å². The smallest absolute Gasteiger partial charge is 0.240 e. The minimum atomic E-state index is -0.624. The molecule has 0 aromatic heterocycles. The van der Waals surface area contributed by atoms with Crippen LogP contribution >= 0.6 is 23.2 Å². The van der Waals surface area contributed by atoms with Gasteiger partial charge in [0.25, 0.3) is 0 Å². The summed E-state index contributed by atoms with van der Waals surface area (Å²) in [6.45, 7) is 1.15. The average Bonchev–Trinajstić information content (AvgIpc) is 2.80. The Hall–Kier alpha value is -1.77. The summed E-state index contributed by atoms with van der Waals surface area (Å²) in [4.78, 5) is 14.4. The molecular formula is C18H16Cl2N2O. The zero-order chi connectivity index (χ0) is 16.4. The Bertz CT molecular complexity index is 773. The number of hydrogen-bond acceptors (Lipinski definition) is 2. The second-order valence-electron chi connectivity index (χ2n) is 5.63. The van der Waals surface area contributed by atoms with Gasteiger partial charge >= 0.3 is 0 Å². The van der Waals surface area contributed by atoms with Gasteiger partial charge in [0.15, 0.2) is 0 Å². The van der Waals surface area contributed by atoms with Crippen LogP contribution in [0.3, 0.4) is 0 Å². The van der Waals surface area contributed by atoms with E-state index in [9.17, 15) is 4.79 Å². The van der Waals surface area contributed by atoms with Crippen LogP contribution in [0, 0.1) is 0 Å². The molecule has 1 aliphatic carbocycles. The highest BCUT2D eigenvalue weighted by atomic mass is 35.5.